The van der Waals surface area contributed by atoms with Crippen molar-refractivity contribution in [2.45, 2.75) is 44.6 Å². The van der Waals surface area contributed by atoms with Crippen molar-refractivity contribution in [1.82, 2.24) is 15.1 Å². The Kier molecular flexibility index (Phi) is 3.25. The molecule has 0 radical (unpaired) electrons. The minimum atomic E-state index is 0.137. The van der Waals surface area contributed by atoms with E-state index in [1.54, 1.807) is 7.11 Å². The number of amides is 1. The summed E-state index contributed by atoms with van der Waals surface area (Å²) < 4.78 is 5.47. The van der Waals surface area contributed by atoms with Crippen LogP contribution in [0.2, 0.25) is 0 Å². The highest BCUT2D eigenvalue weighted by atomic mass is 16.5. The van der Waals surface area contributed by atoms with Crippen LogP contribution in [0.4, 0.5) is 0 Å². The van der Waals surface area contributed by atoms with E-state index < -0.39 is 0 Å². The molecule has 114 valence electrons. The number of carbonyl (C=O) groups is 1. The van der Waals surface area contributed by atoms with Gasteiger partial charge in [0.25, 0.3) is 5.91 Å². The van der Waals surface area contributed by atoms with Gasteiger partial charge in [0.1, 0.15) is 0 Å². The van der Waals surface area contributed by atoms with Crippen LogP contribution in [0.5, 0.6) is 0 Å². The maximum absolute atomic E-state index is 12.8. The molecule has 2 aliphatic carbocycles. The highest BCUT2D eigenvalue weighted by Crippen LogP contribution is 2.39. The Morgan fingerprint density at radius 1 is 1.24 bits per heavy atom. The Morgan fingerprint density at radius 2 is 1.95 bits per heavy atom. The lowest BCUT2D eigenvalue weighted by Gasteiger charge is -2.19. The zero-order valence-corrected chi connectivity index (χ0v) is 12.6. The summed E-state index contributed by atoms with van der Waals surface area (Å²) in [7, 11) is 1.80. The standard InChI is InChI=1S/C16H23N3O2/c1-21-12-6-10-8-19(9-11(10)7-12)16(20)15-13-4-2-3-5-14(13)17-18-15/h10-12H,2-9H2,1H3,(H,17,18)/t10-,11+,12?. The van der Waals surface area contributed by atoms with Gasteiger partial charge in [0, 0.05) is 31.5 Å². The molecule has 0 spiro atoms. The molecule has 1 aromatic heterocycles. The fourth-order valence-electron chi connectivity index (χ4n) is 4.41. The van der Waals surface area contributed by atoms with Crippen molar-refractivity contribution in [2.75, 3.05) is 20.2 Å². The molecule has 3 aliphatic rings. The predicted octanol–water partition coefficient (Wildman–Crippen LogP) is 1.79. The van der Waals surface area contributed by atoms with Crippen molar-refractivity contribution in [3.8, 4) is 0 Å². The summed E-state index contributed by atoms with van der Waals surface area (Å²) in [5.41, 5.74) is 3.05. The zero-order chi connectivity index (χ0) is 14.4. The summed E-state index contributed by atoms with van der Waals surface area (Å²) in [4.78, 5) is 14.8. The first-order chi connectivity index (χ1) is 10.3. The Morgan fingerprint density at radius 3 is 2.67 bits per heavy atom. The third kappa shape index (κ3) is 2.18. The molecule has 5 heteroatoms. The van der Waals surface area contributed by atoms with Gasteiger partial charge >= 0.3 is 0 Å². The van der Waals surface area contributed by atoms with Crippen LogP contribution < -0.4 is 0 Å². The minimum absolute atomic E-state index is 0.137. The summed E-state index contributed by atoms with van der Waals surface area (Å²) in [6, 6.07) is 0. The third-order valence-electron chi connectivity index (χ3n) is 5.59. The van der Waals surface area contributed by atoms with Crippen LogP contribution in [0.3, 0.4) is 0 Å². The number of ether oxygens (including phenoxy) is 1. The average molecular weight is 289 g/mol. The smallest absolute Gasteiger partial charge is 0.274 e. The van der Waals surface area contributed by atoms with Crippen LogP contribution in [-0.2, 0) is 17.6 Å². The molecule has 1 aliphatic heterocycles. The first-order valence-electron chi connectivity index (χ1n) is 8.14. The second-order valence-electron chi connectivity index (χ2n) is 6.80. The number of hydrogen-bond donors (Lipinski definition) is 1. The zero-order valence-electron chi connectivity index (χ0n) is 12.6. The molecule has 1 unspecified atom stereocenters. The lowest BCUT2D eigenvalue weighted by atomic mass is 9.95. The van der Waals surface area contributed by atoms with Crippen LogP contribution >= 0.6 is 0 Å². The fraction of sp³-hybridized carbons (Fsp3) is 0.750. The van der Waals surface area contributed by atoms with E-state index in [1.165, 1.54) is 24.1 Å². The highest BCUT2D eigenvalue weighted by molar-refractivity contribution is 5.94. The molecule has 1 amide bonds. The van der Waals surface area contributed by atoms with Gasteiger partial charge in [-0.2, -0.15) is 5.10 Å². The van der Waals surface area contributed by atoms with Crippen molar-refractivity contribution < 1.29 is 9.53 Å². The molecular formula is C16H23N3O2. The van der Waals surface area contributed by atoms with Gasteiger partial charge < -0.3 is 9.64 Å². The van der Waals surface area contributed by atoms with Crippen molar-refractivity contribution in [3.05, 3.63) is 17.0 Å². The number of aromatic amines is 1. The van der Waals surface area contributed by atoms with Crippen molar-refractivity contribution in [1.29, 1.82) is 0 Å². The van der Waals surface area contributed by atoms with Gasteiger partial charge in [-0.25, -0.2) is 0 Å². The monoisotopic (exact) mass is 289 g/mol. The summed E-state index contributed by atoms with van der Waals surface area (Å²) in [5.74, 6) is 1.38. The van der Waals surface area contributed by atoms with E-state index in [-0.39, 0.29) is 5.91 Å². The van der Waals surface area contributed by atoms with E-state index in [9.17, 15) is 4.79 Å². The summed E-state index contributed by atoms with van der Waals surface area (Å²) >= 11 is 0. The number of aryl methyl sites for hydroxylation is 1. The number of fused-ring (bicyclic) bond motifs is 2. The van der Waals surface area contributed by atoms with Gasteiger partial charge in [-0.05, 0) is 50.4 Å². The third-order valence-corrected chi connectivity index (χ3v) is 5.59. The highest BCUT2D eigenvalue weighted by Gasteiger charge is 2.43. The normalized spacial score (nSPS) is 31.3. The van der Waals surface area contributed by atoms with Gasteiger partial charge in [0.05, 0.1) is 6.10 Å². The molecule has 2 heterocycles. The second-order valence-corrected chi connectivity index (χ2v) is 6.80. The van der Waals surface area contributed by atoms with Gasteiger partial charge in [-0.3, -0.25) is 9.89 Å². The number of carbonyl (C=O) groups excluding carboxylic acids is 1. The average Bonchev–Trinajstić information content (AvgIpc) is 3.18. The molecule has 5 nitrogen and oxygen atoms in total. The topological polar surface area (TPSA) is 58.2 Å². The molecule has 3 atom stereocenters. The van der Waals surface area contributed by atoms with Gasteiger partial charge in [0.15, 0.2) is 5.69 Å². The number of H-pyrrole nitrogens is 1. The number of nitrogens with zero attached hydrogens (tertiary/aromatic N) is 2. The van der Waals surface area contributed by atoms with E-state index in [4.69, 9.17) is 4.74 Å². The first kappa shape index (κ1) is 13.3. The molecule has 4 rings (SSSR count). The molecule has 1 saturated carbocycles. The number of methoxy groups -OCH3 is 1. The van der Waals surface area contributed by atoms with Crippen LogP contribution in [0.15, 0.2) is 0 Å². The quantitative estimate of drug-likeness (QED) is 0.903. The molecular weight excluding hydrogens is 266 g/mol. The Labute approximate surface area is 125 Å². The summed E-state index contributed by atoms with van der Waals surface area (Å²) in [6.45, 7) is 1.76. The number of aromatic nitrogens is 2. The number of hydrogen-bond acceptors (Lipinski definition) is 3. The van der Waals surface area contributed by atoms with Crippen LogP contribution in [-0.4, -0.2) is 47.3 Å². The number of rotatable bonds is 2. The number of nitrogens with one attached hydrogen (secondary N) is 1. The lowest BCUT2D eigenvalue weighted by Crippen LogP contribution is -2.31. The molecule has 1 N–H and O–H groups in total. The molecule has 2 fully saturated rings. The van der Waals surface area contributed by atoms with Gasteiger partial charge in [-0.1, -0.05) is 0 Å². The van der Waals surface area contributed by atoms with Crippen molar-refractivity contribution in [2.24, 2.45) is 11.8 Å². The second kappa shape index (κ2) is 5.13. The minimum Gasteiger partial charge on any atom is -0.381 e. The SMILES string of the molecule is COC1C[C@@H]2CN(C(=O)c3n[nH]c4c3CCCC4)C[C@@H]2C1. The maximum Gasteiger partial charge on any atom is 0.274 e. The van der Waals surface area contributed by atoms with E-state index >= 15 is 0 Å². The fourth-order valence-corrected chi connectivity index (χ4v) is 4.41. The van der Waals surface area contributed by atoms with E-state index in [1.807, 2.05) is 4.90 Å². The van der Waals surface area contributed by atoms with Crippen LogP contribution in [0, 0.1) is 11.8 Å². The van der Waals surface area contributed by atoms with Crippen LogP contribution in [0.1, 0.15) is 47.4 Å². The Hall–Kier alpha value is -1.36. The number of likely N-dealkylation sites (tertiary alicyclic amines) is 1. The predicted molar refractivity (Wildman–Crippen MR) is 78.1 cm³/mol. The lowest BCUT2D eigenvalue weighted by molar-refractivity contribution is 0.0725. The van der Waals surface area contributed by atoms with Crippen molar-refractivity contribution in [3.63, 3.8) is 0 Å². The summed E-state index contributed by atoms with van der Waals surface area (Å²) in [5, 5.41) is 7.41. The molecule has 1 saturated heterocycles. The maximum atomic E-state index is 12.8. The van der Waals surface area contributed by atoms with E-state index in [0.717, 1.165) is 38.8 Å². The van der Waals surface area contributed by atoms with Gasteiger partial charge in [0.2, 0.25) is 0 Å². The Balaban J connectivity index is 1.49. The molecule has 0 bridgehead atoms. The Bertz CT molecular complexity index is 540. The first-order valence-corrected chi connectivity index (χ1v) is 8.14. The molecule has 1 aromatic rings. The summed E-state index contributed by atoms with van der Waals surface area (Å²) in [6.07, 6.45) is 7.02. The molecule has 21 heavy (non-hydrogen) atoms. The molecule has 0 aromatic carbocycles. The van der Waals surface area contributed by atoms with Crippen LogP contribution in [0.25, 0.3) is 0 Å². The van der Waals surface area contributed by atoms with Gasteiger partial charge in [-0.15, -0.1) is 0 Å². The van der Waals surface area contributed by atoms with Crippen molar-refractivity contribution >= 4 is 5.91 Å². The van der Waals surface area contributed by atoms with E-state index in [0.29, 0.717) is 23.6 Å². The van der Waals surface area contributed by atoms with E-state index in [2.05, 4.69) is 10.2 Å². The largest absolute Gasteiger partial charge is 0.381 e.